The number of amides is 1. The van der Waals surface area contributed by atoms with Crippen LogP contribution in [-0.2, 0) is 11.3 Å². The molecule has 0 radical (unpaired) electrons. The molecule has 1 amide bonds. The predicted molar refractivity (Wildman–Crippen MR) is 70.1 cm³/mol. The zero-order chi connectivity index (χ0) is 13.0. The van der Waals surface area contributed by atoms with Crippen molar-refractivity contribution in [2.75, 3.05) is 12.4 Å². The number of anilines is 1. The van der Waals surface area contributed by atoms with Gasteiger partial charge in [0.15, 0.2) is 0 Å². The molecule has 6 heteroatoms. The molecule has 0 saturated heterocycles. The van der Waals surface area contributed by atoms with Crippen LogP contribution in [0, 0.1) is 0 Å². The maximum absolute atomic E-state index is 11.2. The van der Waals surface area contributed by atoms with E-state index in [1.165, 1.54) is 0 Å². The lowest BCUT2D eigenvalue weighted by Gasteiger charge is -2.26. The fraction of sp³-hybridized carbons (Fsp3) is 0.667. The molecule has 1 aromatic heterocycles. The summed E-state index contributed by atoms with van der Waals surface area (Å²) in [4.78, 5) is 11.2. The molecule has 0 spiro atoms. The Labute approximate surface area is 107 Å². The minimum Gasteiger partial charge on any atom is -0.380 e. The van der Waals surface area contributed by atoms with Crippen molar-refractivity contribution in [3.8, 4) is 0 Å². The van der Waals surface area contributed by atoms with Crippen molar-refractivity contribution in [3.05, 3.63) is 12.4 Å². The molecular weight excluding hydrogens is 230 g/mol. The summed E-state index contributed by atoms with van der Waals surface area (Å²) in [5.41, 5.74) is 6.85. The number of carbonyl (C=O) groups excluding carboxylic acids is 1. The SMILES string of the molecule is CNC(=O)Cn1cc(NC2CCC(N)CC2)cn1. The summed E-state index contributed by atoms with van der Waals surface area (Å²) in [6.45, 7) is 0.258. The maximum Gasteiger partial charge on any atom is 0.241 e. The first kappa shape index (κ1) is 12.9. The molecule has 0 unspecified atom stereocenters. The van der Waals surface area contributed by atoms with Crippen LogP contribution in [-0.4, -0.2) is 34.8 Å². The molecule has 1 heterocycles. The standard InChI is InChI=1S/C12H21N5O/c1-14-12(18)8-17-7-11(6-15-17)16-10-4-2-9(13)3-5-10/h6-7,9-10,16H,2-5,8,13H2,1H3,(H,14,18). The monoisotopic (exact) mass is 251 g/mol. The van der Waals surface area contributed by atoms with E-state index in [0.717, 1.165) is 31.4 Å². The largest absolute Gasteiger partial charge is 0.380 e. The van der Waals surface area contributed by atoms with E-state index in [4.69, 9.17) is 5.73 Å². The molecule has 1 aromatic rings. The quantitative estimate of drug-likeness (QED) is 0.719. The van der Waals surface area contributed by atoms with E-state index in [1.54, 1.807) is 17.9 Å². The highest BCUT2D eigenvalue weighted by Gasteiger charge is 2.18. The van der Waals surface area contributed by atoms with Crippen molar-refractivity contribution in [1.82, 2.24) is 15.1 Å². The summed E-state index contributed by atoms with van der Waals surface area (Å²) in [6.07, 6.45) is 7.97. The van der Waals surface area contributed by atoms with E-state index in [9.17, 15) is 4.79 Å². The predicted octanol–water partition coefficient (Wildman–Crippen LogP) is 0.311. The van der Waals surface area contributed by atoms with Crippen molar-refractivity contribution < 1.29 is 4.79 Å². The zero-order valence-electron chi connectivity index (χ0n) is 10.7. The Morgan fingerprint density at radius 1 is 1.50 bits per heavy atom. The molecule has 0 atom stereocenters. The van der Waals surface area contributed by atoms with E-state index >= 15 is 0 Å². The zero-order valence-corrected chi connectivity index (χ0v) is 10.7. The van der Waals surface area contributed by atoms with Crippen LogP contribution in [0.15, 0.2) is 12.4 Å². The Kier molecular flexibility index (Phi) is 4.19. The highest BCUT2D eigenvalue weighted by Crippen LogP contribution is 2.20. The maximum atomic E-state index is 11.2. The van der Waals surface area contributed by atoms with E-state index in [0.29, 0.717) is 12.1 Å². The lowest BCUT2D eigenvalue weighted by Crippen LogP contribution is -2.32. The number of nitrogens with one attached hydrogen (secondary N) is 2. The molecule has 18 heavy (non-hydrogen) atoms. The number of rotatable bonds is 4. The number of likely N-dealkylation sites (N-methyl/N-ethyl adjacent to an activating group) is 1. The third-order valence-corrected chi connectivity index (χ3v) is 3.36. The van der Waals surface area contributed by atoms with E-state index in [1.807, 2.05) is 6.20 Å². The normalized spacial score (nSPS) is 23.7. The minimum atomic E-state index is -0.0479. The highest BCUT2D eigenvalue weighted by atomic mass is 16.1. The molecule has 0 bridgehead atoms. The van der Waals surface area contributed by atoms with E-state index < -0.39 is 0 Å². The van der Waals surface area contributed by atoms with Gasteiger partial charge in [-0.1, -0.05) is 0 Å². The van der Waals surface area contributed by atoms with Gasteiger partial charge >= 0.3 is 0 Å². The van der Waals surface area contributed by atoms with Crippen molar-refractivity contribution in [2.45, 2.75) is 44.3 Å². The second-order valence-electron chi connectivity index (χ2n) is 4.86. The molecule has 0 aromatic carbocycles. The summed E-state index contributed by atoms with van der Waals surface area (Å²) in [6, 6.07) is 0.835. The van der Waals surface area contributed by atoms with Gasteiger partial charge < -0.3 is 16.4 Å². The lowest BCUT2D eigenvalue weighted by atomic mass is 9.92. The van der Waals surface area contributed by atoms with Crippen LogP contribution < -0.4 is 16.4 Å². The van der Waals surface area contributed by atoms with Crippen molar-refractivity contribution in [3.63, 3.8) is 0 Å². The summed E-state index contributed by atoms with van der Waals surface area (Å²) < 4.78 is 1.63. The van der Waals surface area contributed by atoms with Gasteiger partial charge in [-0.25, -0.2) is 0 Å². The molecule has 6 nitrogen and oxygen atoms in total. The van der Waals surface area contributed by atoms with Gasteiger partial charge in [-0.05, 0) is 25.7 Å². The number of nitrogens with zero attached hydrogens (tertiary/aromatic N) is 2. The fourth-order valence-electron chi connectivity index (χ4n) is 2.25. The summed E-state index contributed by atoms with van der Waals surface area (Å²) in [5, 5.41) is 10.2. The van der Waals surface area contributed by atoms with Crippen LogP contribution in [0.2, 0.25) is 0 Å². The summed E-state index contributed by atoms with van der Waals surface area (Å²) >= 11 is 0. The van der Waals surface area contributed by atoms with Gasteiger partial charge in [0.1, 0.15) is 6.54 Å². The van der Waals surface area contributed by atoms with Gasteiger partial charge in [-0.3, -0.25) is 9.48 Å². The Balaban J connectivity index is 1.84. The number of hydrogen-bond donors (Lipinski definition) is 3. The molecule has 1 aliphatic rings. The number of carbonyl (C=O) groups is 1. The Hall–Kier alpha value is -1.56. The van der Waals surface area contributed by atoms with E-state index in [-0.39, 0.29) is 12.5 Å². The molecule has 0 aliphatic heterocycles. The van der Waals surface area contributed by atoms with Gasteiger partial charge in [0.25, 0.3) is 0 Å². The first-order valence-electron chi connectivity index (χ1n) is 6.42. The third kappa shape index (κ3) is 3.46. The van der Waals surface area contributed by atoms with Gasteiger partial charge in [0.05, 0.1) is 11.9 Å². The van der Waals surface area contributed by atoms with Crippen molar-refractivity contribution >= 4 is 11.6 Å². The third-order valence-electron chi connectivity index (χ3n) is 3.36. The van der Waals surface area contributed by atoms with Gasteiger partial charge in [-0.15, -0.1) is 0 Å². The van der Waals surface area contributed by atoms with Gasteiger partial charge in [0.2, 0.25) is 5.91 Å². The molecule has 100 valence electrons. The van der Waals surface area contributed by atoms with Crippen molar-refractivity contribution in [2.24, 2.45) is 5.73 Å². The van der Waals surface area contributed by atoms with Crippen LogP contribution in [0.3, 0.4) is 0 Å². The second kappa shape index (κ2) is 5.86. The minimum absolute atomic E-state index is 0.0479. The van der Waals surface area contributed by atoms with Crippen molar-refractivity contribution in [1.29, 1.82) is 0 Å². The molecule has 1 aliphatic carbocycles. The smallest absolute Gasteiger partial charge is 0.241 e. The molecule has 1 fully saturated rings. The second-order valence-corrected chi connectivity index (χ2v) is 4.86. The number of hydrogen-bond acceptors (Lipinski definition) is 4. The number of nitrogens with two attached hydrogens (primary N) is 1. The highest BCUT2D eigenvalue weighted by molar-refractivity contribution is 5.75. The topological polar surface area (TPSA) is 85.0 Å². The average molecular weight is 251 g/mol. The van der Waals surface area contributed by atoms with Crippen LogP contribution in [0.25, 0.3) is 0 Å². The van der Waals surface area contributed by atoms with Crippen LogP contribution in [0.4, 0.5) is 5.69 Å². The molecule has 1 saturated carbocycles. The average Bonchev–Trinajstić information content (AvgIpc) is 2.79. The summed E-state index contributed by atoms with van der Waals surface area (Å²) in [5.74, 6) is -0.0479. The summed E-state index contributed by atoms with van der Waals surface area (Å²) in [7, 11) is 1.62. The van der Waals surface area contributed by atoms with Crippen LogP contribution in [0.5, 0.6) is 0 Å². The number of aromatic nitrogens is 2. The lowest BCUT2D eigenvalue weighted by molar-refractivity contribution is -0.121. The Morgan fingerprint density at radius 2 is 2.22 bits per heavy atom. The van der Waals surface area contributed by atoms with E-state index in [2.05, 4.69) is 15.7 Å². The van der Waals surface area contributed by atoms with Gasteiger partial charge in [0, 0.05) is 25.3 Å². The van der Waals surface area contributed by atoms with Crippen LogP contribution >= 0.6 is 0 Å². The fourth-order valence-corrected chi connectivity index (χ4v) is 2.25. The first-order chi connectivity index (χ1) is 8.67. The molecule has 4 N–H and O–H groups in total. The Bertz CT molecular complexity index is 395. The molecule has 2 rings (SSSR count). The van der Waals surface area contributed by atoms with Gasteiger partial charge in [-0.2, -0.15) is 5.10 Å². The molecular formula is C12H21N5O. The van der Waals surface area contributed by atoms with Crippen LogP contribution in [0.1, 0.15) is 25.7 Å². The first-order valence-corrected chi connectivity index (χ1v) is 6.42. The Morgan fingerprint density at radius 3 is 2.89 bits per heavy atom.